The number of hydrogen-bond donors (Lipinski definition) is 2. The molecule has 2 aromatic rings. The second kappa shape index (κ2) is 11.5. The van der Waals surface area contributed by atoms with Crippen LogP contribution in [0.2, 0.25) is 0 Å². The third kappa shape index (κ3) is 6.70. The predicted octanol–water partition coefficient (Wildman–Crippen LogP) is 2.85. The zero-order valence-electron chi connectivity index (χ0n) is 19.2. The number of guanidine groups is 1. The molecule has 8 heteroatoms. The molecule has 8 nitrogen and oxygen atoms in total. The van der Waals surface area contributed by atoms with Crippen molar-refractivity contribution in [1.82, 2.24) is 10.2 Å². The van der Waals surface area contributed by atoms with Gasteiger partial charge in [0, 0.05) is 37.0 Å². The summed E-state index contributed by atoms with van der Waals surface area (Å²) in [6.07, 6.45) is 0. The van der Waals surface area contributed by atoms with Crippen molar-refractivity contribution < 1.29 is 19.0 Å². The average Bonchev–Trinajstić information content (AvgIpc) is 2.81. The van der Waals surface area contributed by atoms with Gasteiger partial charge in [0.2, 0.25) is 5.96 Å². The van der Waals surface area contributed by atoms with Crippen molar-refractivity contribution in [2.24, 2.45) is 4.99 Å². The van der Waals surface area contributed by atoms with Gasteiger partial charge in [-0.2, -0.15) is 0 Å². The van der Waals surface area contributed by atoms with Crippen LogP contribution in [0.4, 0.5) is 5.69 Å². The number of anilines is 1. The quantitative estimate of drug-likeness (QED) is 0.509. The Kier molecular flexibility index (Phi) is 8.47. The van der Waals surface area contributed by atoms with Gasteiger partial charge >= 0.3 is 0 Å². The molecule has 1 aliphatic rings. The highest BCUT2D eigenvalue weighted by Gasteiger charge is 2.14. The van der Waals surface area contributed by atoms with E-state index in [0.717, 1.165) is 44.1 Å². The Labute approximate surface area is 189 Å². The number of morpholine rings is 1. The van der Waals surface area contributed by atoms with Gasteiger partial charge in [-0.25, -0.2) is 0 Å². The van der Waals surface area contributed by atoms with Crippen molar-refractivity contribution in [1.29, 1.82) is 0 Å². The number of benzene rings is 2. The summed E-state index contributed by atoms with van der Waals surface area (Å²) in [6, 6.07) is 11.1. The van der Waals surface area contributed by atoms with E-state index in [1.807, 2.05) is 18.2 Å². The number of nitrogens with one attached hydrogen (secondary N) is 2. The van der Waals surface area contributed by atoms with Crippen LogP contribution in [0.15, 0.2) is 41.4 Å². The number of ether oxygens (including phenoxy) is 3. The first-order valence-corrected chi connectivity index (χ1v) is 10.7. The largest absolute Gasteiger partial charge is 0.497 e. The number of aryl methyl sites for hydroxylation is 2. The summed E-state index contributed by atoms with van der Waals surface area (Å²) in [5, 5.41) is 6.16. The van der Waals surface area contributed by atoms with Crippen LogP contribution in [0.3, 0.4) is 0 Å². The second-order valence-corrected chi connectivity index (χ2v) is 7.66. The zero-order chi connectivity index (χ0) is 22.9. The summed E-state index contributed by atoms with van der Waals surface area (Å²) in [4.78, 5) is 19.9. The maximum Gasteiger partial charge on any atom is 0.258 e. The molecule has 0 saturated carbocycles. The van der Waals surface area contributed by atoms with Crippen molar-refractivity contribution in [2.45, 2.75) is 13.8 Å². The van der Waals surface area contributed by atoms with Gasteiger partial charge < -0.3 is 19.5 Å². The average molecular weight is 441 g/mol. The van der Waals surface area contributed by atoms with Gasteiger partial charge in [0.25, 0.3) is 5.91 Å². The van der Waals surface area contributed by atoms with Crippen LogP contribution in [0.5, 0.6) is 11.5 Å². The minimum absolute atomic E-state index is 0.302. The number of rotatable bonds is 7. The molecule has 0 spiro atoms. The molecule has 1 aliphatic heterocycles. The van der Waals surface area contributed by atoms with Gasteiger partial charge in [0.05, 0.1) is 34.0 Å². The summed E-state index contributed by atoms with van der Waals surface area (Å²) in [5.74, 6) is 1.18. The van der Waals surface area contributed by atoms with E-state index in [0.29, 0.717) is 29.6 Å². The molecule has 0 aliphatic carbocycles. The lowest BCUT2D eigenvalue weighted by atomic mass is 10.1. The van der Waals surface area contributed by atoms with Crippen LogP contribution < -0.4 is 20.1 Å². The number of hydrogen-bond acceptors (Lipinski definition) is 6. The van der Waals surface area contributed by atoms with Crippen LogP contribution in [-0.2, 0) is 4.74 Å². The summed E-state index contributed by atoms with van der Waals surface area (Å²) >= 11 is 0. The maximum absolute atomic E-state index is 13.0. The molecular formula is C24H32N4O4. The Morgan fingerprint density at radius 1 is 1.03 bits per heavy atom. The van der Waals surface area contributed by atoms with E-state index < -0.39 is 0 Å². The highest BCUT2D eigenvalue weighted by Crippen LogP contribution is 2.22. The summed E-state index contributed by atoms with van der Waals surface area (Å²) in [7, 11) is 3.10. The number of amides is 1. The fourth-order valence-electron chi connectivity index (χ4n) is 3.31. The van der Waals surface area contributed by atoms with Gasteiger partial charge in [0.15, 0.2) is 0 Å². The minimum Gasteiger partial charge on any atom is -0.497 e. The Balaban J connectivity index is 1.76. The Bertz CT molecular complexity index is 933. The molecule has 172 valence electrons. The van der Waals surface area contributed by atoms with Crippen LogP contribution in [0.25, 0.3) is 0 Å². The lowest BCUT2D eigenvalue weighted by Crippen LogP contribution is -2.39. The molecule has 0 unspecified atom stereocenters. The Morgan fingerprint density at radius 2 is 1.72 bits per heavy atom. The fourth-order valence-corrected chi connectivity index (χ4v) is 3.31. The number of nitrogens with zero attached hydrogens (tertiary/aromatic N) is 2. The van der Waals surface area contributed by atoms with Gasteiger partial charge in [-0.05, 0) is 49.2 Å². The molecule has 32 heavy (non-hydrogen) atoms. The first-order chi connectivity index (χ1) is 15.5. The van der Waals surface area contributed by atoms with Crippen LogP contribution >= 0.6 is 0 Å². The van der Waals surface area contributed by atoms with Crippen LogP contribution in [0.1, 0.15) is 21.5 Å². The standard InChI is InChI=1S/C24H32N4O4/c1-17-5-6-20(13-18(17)2)26-24(25-7-8-28-9-11-32-12-10-28)27-23(29)19-14-21(30-3)16-22(15-19)31-4/h5-6,13-16H,7-12H2,1-4H3,(H2,25,26,27,29). The lowest BCUT2D eigenvalue weighted by molar-refractivity contribution is 0.0394. The van der Waals surface area contributed by atoms with E-state index in [-0.39, 0.29) is 5.91 Å². The summed E-state index contributed by atoms with van der Waals surface area (Å²) in [5.41, 5.74) is 3.64. The molecule has 1 saturated heterocycles. The van der Waals surface area contributed by atoms with Crippen molar-refractivity contribution in [2.75, 3.05) is 58.9 Å². The first-order valence-electron chi connectivity index (χ1n) is 10.7. The Hall–Kier alpha value is -3.10. The molecule has 2 aromatic carbocycles. The number of aliphatic imine (C=N–C) groups is 1. The molecular weight excluding hydrogens is 408 g/mol. The van der Waals surface area contributed by atoms with Crippen LogP contribution in [0, 0.1) is 13.8 Å². The number of methoxy groups -OCH3 is 2. The fraction of sp³-hybridized carbons (Fsp3) is 0.417. The van der Waals surface area contributed by atoms with E-state index in [9.17, 15) is 4.79 Å². The predicted molar refractivity (Wildman–Crippen MR) is 126 cm³/mol. The van der Waals surface area contributed by atoms with Crippen molar-refractivity contribution in [3.63, 3.8) is 0 Å². The molecule has 3 rings (SSSR count). The third-order valence-corrected chi connectivity index (χ3v) is 5.41. The zero-order valence-corrected chi connectivity index (χ0v) is 19.2. The van der Waals surface area contributed by atoms with Crippen LogP contribution in [-0.4, -0.2) is 70.4 Å². The summed E-state index contributed by atoms with van der Waals surface area (Å²) < 4.78 is 16.0. The number of carbonyl (C=O) groups is 1. The van der Waals surface area contributed by atoms with Crippen molar-refractivity contribution in [3.8, 4) is 11.5 Å². The summed E-state index contributed by atoms with van der Waals surface area (Å²) in [6.45, 7) is 8.74. The van der Waals surface area contributed by atoms with Gasteiger partial charge in [-0.1, -0.05) is 6.07 Å². The van der Waals surface area contributed by atoms with E-state index in [1.165, 1.54) is 5.56 Å². The van der Waals surface area contributed by atoms with E-state index >= 15 is 0 Å². The monoisotopic (exact) mass is 440 g/mol. The van der Waals surface area contributed by atoms with E-state index in [1.54, 1.807) is 32.4 Å². The first kappa shape index (κ1) is 23.6. The Morgan fingerprint density at radius 3 is 2.34 bits per heavy atom. The molecule has 1 heterocycles. The molecule has 0 aromatic heterocycles. The molecule has 1 amide bonds. The van der Waals surface area contributed by atoms with Crippen molar-refractivity contribution >= 4 is 17.6 Å². The molecule has 2 N–H and O–H groups in total. The second-order valence-electron chi connectivity index (χ2n) is 7.66. The van der Waals surface area contributed by atoms with Gasteiger partial charge in [-0.3, -0.25) is 20.0 Å². The van der Waals surface area contributed by atoms with E-state index in [2.05, 4.69) is 34.4 Å². The molecule has 1 fully saturated rings. The molecule has 0 atom stereocenters. The highest BCUT2D eigenvalue weighted by atomic mass is 16.5. The third-order valence-electron chi connectivity index (χ3n) is 5.41. The molecule has 0 radical (unpaired) electrons. The van der Waals surface area contributed by atoms with E-state index in [4.69, 9.17) is 14.2 Å². The maximum atomic E-state index is 13.0. The number of carbonyl (C=O) groups excluding carboxylic acids is 1. The molecule has 0 bridgehead atoms. The van der Waals surface area contributed by atoms with Crippen molar-refractivity contribution in [3.05, 3.63) is 53.1 Å². The van der Waals surface area contributed by atoms with Gasteiger partial charge in [-0.15, -0.1) is 0 Å². The smallest absolute Gasteiger partial charge is 0.258 e. The van der Waals surface area contributed by atoms with Gasteiger partial charge in [0.1, 0.15) is 11.5 Å². The lowest BCUT2D eigenvalue weighted by Gasteiger charge is -2.25. The SMILES string of the molecule is COc1cc(OC)cc(C(=O)NC(=NCCN2CCOCC2)Nc2ccc(C)c(C)c2)c1. The normalized spacial score (nSPS) is 14.7. The topological polar surface area (TPSA) is 84.4 Å². The minimum atomic E-state index is -0.302. The highest BCUT2D eigenvalue weighted by molar-refractivity contribution is 6.10.